The van der Waals surface area contributed by atoms with Crippen molar-refractivity contribution in [2.45, 2.75) is 17.4 Å². The van der Waals surface area contributed by atoms with Gasteiger partial charge in [0.15, 0.2) is 11.5 Å². The van der Waals surface area contributed by atoms with Crippen molar-refractivity contribution in [1.29, 1.82) is 0 Å². The first-order chi connectivity index (χ1) is 16.4. The Kier molecular flexibility index (Phi) is 7.78. The molecule has 3 aromatic rings. The van der Waals surface area contributed by atoms with Crippen molar-refractivity contribution in [3.63, 3.8) is 0 Å². The molecule has 186 valence electrons. The van der Waals surface area contributed by atoms with Crippen molar-refractivity contribution in [3.05, 3.63) is 59.7 Å². The summed E-state index contributed by atoms with van der Waals surface area (Å²) in [4.78, 5) is 12.2. The van der Waals surface area contributed by atoms with Gasteiger partial charge in [0.2, 0.25) is 5.91 Å². The number of benzene rings is 2. The molecule has 0 radical (unpaired) electrons. The minimum atomic E-state index is -5.01. The number of carbonyl (C=O) groups excluding carboxylic acids is 1. The van der Waals surface area contributed by atoms with Gasteiger partial charge in [0.05, 0.1) is 36.8 Å². The zero-order valence-corrected chi connectivity index (χ0v) is 18.9. The Morgan fingerprint density at radius 2 is 1.49 bits per heavy atom. The zero-order chi connectivity index (χ0) is 25.8. The highest BCUT2D eigenvalue weighted by Crippen LogP contribution is 2.37. The number of alkyl halides is 6. The standard InChI is InChI=1S/C22H17F6N3O3S/c1-33-17-5-3-12(7-18(17)34-2)16-4-6-20(31-30-16)35-11-19(32)29-15-9-13(21(23,24)25)8-14(10-15)22(26,27)28/h3-10H,11H2,1-2H3,(H,29,32). The van der Waals surface area contributed by atoms with Crippen LogP contribution in [0.25, 0.3) is 11.3 Å². The first-order valence-corrected chi connectivity index (χ1v) is 10.7. The summed E-state index contributed by atoms with van der Waals surface area (Å²) in [5, 5.41) is 10.4. The first-order valence-electron chi connectivity index (χ1n) is 9.69. The van der Waals surface area contributed by atoms with E-state index >= 15 is 0 Å². The lowest BCUT2D eigenvalue weighted by molar-refractivity contribution is -0.143. The summed E-state index contributed by atoms with van der Waals surface area (Å²) in [5.41, 5.74) is -2.47. The van der Waals surface area contributed by atoms with Crippen LogP contribution in [0.5, 0.6) is 11.5 Å². The van der Waals surface area contributed by atoms with Crippen LogP contribution >= 0.6 is 11.8 Å². The molecule has 0 bridgehead atoms. The predicted molar refractivity (Wildman–Crippen MR) is 116 cm³/mol. The summed E-state index contributed by atoms with van der Waals surface area (Å²) in [6.45, 7) is 0. The van der Waals surface area contributed by atoms with Gasteiger partial charge in [-0.1, -0.05) is 11.8 Å². The molecule has 0 unspecified atom stereocenters. The van der Waals surface area contributed by atoms with Crippen LogP contribution in [0.1, 0.15) is 11.1 Å². The summed E-state index contributed by atoms with van der Waals surface area (Å²) in [6.07, 6.45) is -10.0. The van der Waals surface area contributed by atoms with Crippen molar-refractivity contribution in [1.82, 2.24) is 10.2 Å². The van der Waals surface area contributed by atoms with E-state index in [1.807, 2.05) is 0 Å². The van der Waals surface area contributed by atoms with E-state index in [2.05, 4.69) is 15.5 Å². The SMILES string of the molecule is COc1ccc(-c2ccc(SCC(=O)Nc3cc(C(F)(F)F)cc(C(F)(F)F)c3)nn2)cc1OC. The Morgan fingerprint density at radius 1 is 0.857 bits per heavy atom. The smallest absolute Gasteiger partial charge is 0.416 e. The third-order valence-electron chi connectivity index (χ3n) is 4.54. The lowest BCUT2D eigenvalue weighted by Gasteiger charge is -2.14. The Morgan fingerprint density at radius 3 is 2.00 bits per heavy atom. The Labute approximate surface area is 199 Å². The number of aromatic nitrogens is 2. The number of thioether (sulfide) groups is 1. The lowest BCUT2D eigenvalue weighted by Crippen LogP contribution is -2.17. The number of carbonyl (C=O) groups is 1. The highest BCUT2D eigenvalue weighted by molar-refractivity contribution is 7.99. The monoisotopic (exact) mass is 517 g/mol. The van der Waals surface area contributed by atoms with Crippen LogP contribution in [0.4, 0.5) is 32.0 Å². The molecular formula is C22H17F6N3O3S. The number of hydrogen-bond donors (Lipinski definition) is 1. The summed E-state index contributed by atoms with van der Waals surface area (Å²) in [5.74, 6) is -0.106. The van der Waals surface area contributed by atoms with Gasteiger partial charge >= 0.3 is 12.4 Å². The fourth-order valence-corrected chi connectivity index (χ4v) is 3.52. The number of nitrogens with zero attached hydrogens (tertiary/aromatic N) is 2. The molecule has 2 aromatic carbocycles. The van der Waals surface area contributed by atoms with Crippen LogP contribution in [-0.4, -0.2) is 36.1 Å². The molecule has 1 heterocycles. The normalized spacial score (nSPS) is 11.8. The molecule has 0 fully saturated rings. The van der Waals surface area contributed by atoms with Crippen LogP contribution in [-0.2, 0) is 17.1 Å². The summed E-state index contributed by atoms with van der Waals surface area (Å²) in [7, 11) is 2.99. The number of hydrogen-bond acceptors (Lipinski definition) is 6. The van der Waals surface area contributed by atoms with Crippen LogP contribution < -0.4 is 14.8 Å². The number of nitrogens with one attached hydrogen (secondary N) is 1. The highest BCUT2D eigenvalue weighted by atomic mass is 32.2. The van der Waals surface area contributed by atoms with E-state index in [1.165, 1.54) is 14.2 Å². The van der Waals surface area contributed by atoms with Crippen molar-refractivity contribution in [2.24, 2.45) is 0 Å². The molecule has 0 atom stereocenters. The van der Waals surface area contributed by atoms with Gasteiger partial charge in [-0.25, -0.2) is 0 Å². The molecule has 35 heavy (non-hydrogen) atoms. The first kappa shape index (κ1) is 26.1. The molecule has 0 spiro atoms. The molecule has 0 saturated carbocycles. The van der Waals surface area contributed by atoms with E-state index in [0.29, 0.717) is 39.9 Å². The van der Waals surface area contributed by atoms with Crippen LogP contribution in [0, 0.1) is 0 Å². The number of amides is 1. The van der Waals surface area contributed by atoms with Crippen molar-refractivity contribution < 1.29 is 40.6 Å². The second-order valence-electron chi connectivity index (χ2n) is 6.96. The Balaban J connectivity index is 1.67. The topological polar surface area (TPSA) is 73.3 Å². The minimum Gasteiger partial charge on any atom is -0.493 e. The lowest BCUT2D eigenvalue weighted by atomic mass is 10.1. The number of rotatable bonds is 7. The molecule has 13 heteroatoms. The third-order valence-corrected chi connectivity index (χ3v) is 5.46. The minimum absolute atomic E-state index is 0.0139. The summed E-state index contributed by atoms with van der Waals surface area (Å²) >= 11 is 0.910. The number of ether oxygens (including phenoxy) is 2. The molecule has 1 amide bonds. The molecule has 6 nitrogen and oxygen atoms in total. The van der Waals surface area contributed by atoms with Crippen LogP contribution in [0.3, 0.4) is 0 Å². The van der Waals surface area contributed by atoms with E-state index in [9.17, 15) is 31.1 Å². The molecule has 0 aliphatic carbocycles. The maximum atomic E-state index is 13.0. The third kappa shape index (κ3) is 6.78. The molecule has 0 saturated heterocycles. The summed E-state index contributed by atoms with van der Waals surface area (Å²) in [6, 6.07) is 9.22. The highest BCUT2D eigenvalue weighted by Gasteiger charge is 2.37. The second kappa shape index (κ2) is 10.4. The number of methoxy groups -OCH3 is 2. The van der Waals surface area contributed by atoms with Crippen molar-refractivity contribution in [2.75, 3.05) is 25.3 Å². The molecule has 3 rings (SSSR count). The van der Waals surface area contributed by atoms with Gasteiger partial charge in [-0.2, -0.15) is 26.3 Å². The fraction of sp³-hybridized carbons (Fsp3) is 0.227. The van der Waals surface area contributed by atoms with Gasteiger partial charge < -0.3 is 14.8 Å². The maximum absolute atomic E-state index is 13.0. The second-order valence-corrected chi connectivity index (χ2v) is 7.95. The molecule has 0 aliphatic heterocycles. The largest absolute Gasteiger partial charge is 0.493 e. The van der Waals surface area contributed by atoms with E-state index < -0.39 is 35.1 Å². The number of halogens is 6. The molecule has 0 aliphatic rings. The van der Waals surface area contributed by atoms with Gasteiger partial charge in [0, 0.05) is 11.3 Å². The Bertz CT molecular complexity index is 1170. The number of anilines is 1. The summed E-state index contributed by atoms with van der Waals surface area (Å²) < 4.78 is 88.2. The average Bonchev–Trinajstić information content (AvgIpc) is 2.81. The van der Waals surface area contributed by atoms with E-state index in [1.54, 1.807) is 30.3 Å². The van der Waals surface area contributed by atoms with E-state index in [4.69, 9.17) is 9.47 Å². The van der Waals surface area contributed by atoms with Crippen LogP contribution in [0.2, 0.25) is 0 Å². The maximum Gasteiger partial charge on any atom is 0.416 e. The van der Waals surface area contributed by atoms with E-state index in [0.717, 1.165) is 11.8 Å². The molecular weight excluding hydrogens is 500 g/mol. The zero-order valence-electron chi connectivity index (χ0n) is 18.1. The van der Waals surface area contributed by atoms with Crippen molar-refractivity contribution >= 4 is 23.4 Å². The van der Waals surface area contributed by atoms with Gasteiger partial charge in [-0.15, -0.1) is 10.2 Å². The quantitative estimate of drug-likeness (QED) is 0.310. The molecule has 1 aromatic heterocycles. The van der Waals surface area contributed by atoms with E-state index in [-0.39, 0.29) is 11.8 Å². The van der Waals surface area contributed by atoms with Gasteiger partial charge in [0.25, 0.3) is 0 Å². The molecule has 1 N–H and O–H groups in total. The van der Waals surface area contributed by atoms with Gasteiger partial charge in [-0.3, -0.25) is 4.79 Å². The average molecular weight is 517 g/mol. The Hall–Kier alpha value is -3.48. The van der Waals surface area contributed by atoms with Crippen molar-refractivity contribution in [3.8, 4) is 22.8 Å². The van der Waals surface area contributed by atoms with Crippen LogP contribution in [0.15, 0.2) is 53.6 Å². The van der Waals surface area contributed by atoms with Gasteiger partial charge in [0.1, 0.15) is 5.03 Å². The van der Waals surface area contributed by atoms with Gasteiger partial charge in [-0.05, 0) is 48.5 Å². The predicted octanol–water partition coefficient (Wildman–Crippen LogP) is 5.93. The fourth-order valence-electron chi connectivity index (χ4n) is 2.91.